The second kappa shape index (κ2) is 4.57. The monoisotopic (exact) mass is 348 g/mol. The molecular weight excluding hydrogens is 324 g/mol. The maximum atomic E-state index is 12.1. The Morgan fingerprint density at radius 3 is 2.76 bits per heavy atom. The van der Waals surface area contributed by atoms with Crippen molar-refractivity contribution in [3.8, 4) is 0 Å². The number of ketones is 1. The van der Waals surface area contributed by atoms with Crippen molar-refractivity contribution in [3.05, 3.63) is 22.2 Å². The first kappa shape index (κ1) is 14.2. The van der Waals surface area contributed by atoms with Gasteiger partial charge in [0.25, 0.3) is 0 Å². The molecular formula is C19H25BrO. The van der Waals surface area contributed by atoms with E-state index in [1.807, 2.05) is 0 Å². The summed E-state index contributed by atoms with van der Waals surface area (Å²) >= 11 is 3.63. The van der Waals surface area contributed by atoms with Gasteiger partial charge in [-0.05, 0) is 88.6 Å². The Morgan fingerprint density at radius 2 is 1.95 bits per heavy atom. The van der Waals surface area contributed by atoms with E-state index in [1.165, 1.54) is 31.3 Å². The molecule has 0 aliphatic heterocycles. The van der Waals surface area contributed by atoms with Gasteiger partial charge in [0, 0.05) is 6.42 Å². The third-order valence-corrected chi connectivity index (χ3v) is 8.30. The summed E-state index contributed by atoms with van der Waals surface area (Å²) in [5.74, 6) is 2.84. The van der Waals surface area contributed by atoms with E-state index < -0.39 is 0 Å². The van der Waals surface area contributed by atoms with Crippen molar-refractivity contribution < 1.29 is 4.79 Å². The number of Topliss-reactive ketones (excluding diaryl/α,β-unsaturated/α-hetero) is 1. The van der Waals surface area contributed by atoms with Crippen LogP contribution in [0.15, 0.2) is 22.2 Å². The average molecular weight is 349 g/mol. The minimum absolute atomic E-state index is 0.277. The molecule has 5 atom stereocenters. The molecule has 2 heteroatoms. The van der Waals surface area contributed by atoms with Gasteiger partial charge in [0.2, 0.25) is 0 Å². The van der Waals surface area contributed by atoms with E-state index in [2.05, 4.69) is 41.9 Å². The zero-order valence-electron chi connectivity index (χ0n) is 13.1. The van der Waals surface area contributed by atoms with Gasteiger partial charge in [-0.15, -0.1) is 0 Å². The molecule has 0 aromatic heterocycles. The first-order chi connectivity index (χ1) is 9.96. The van der Waals surface area contributed by atoms with Crippen LogP contribution < -0.4 is 0 Å². The van der Waals surface area contributed by atoms with Crippen LogP contribution in [0.2, 0.25) is 0 Å². The van der Waals surface area contributed by atoms with Crippen molar-refractivity contribution >= 4 is 21.7 Å². The van der Waals surface area contributed by atoms with E-state index in [0.29, 0.717) is 11.2 Å². The van der Waals surface area contributed by atoms with Gasteiger partial charge in [0.1, 0.15) is 0 Å². The van der Waals surface area contributed by atoms with Crippen molar-refractivity contribution in [3.63, 3.8) is 0 Å². The quantitative estimate of drug-likeness (QED) is 0.535. The average Bonchev–Trinajstić information content (AvgIpc) is 2.85. The first-order valence-corrected chi connectivity index (χ1v) is 9.35. The molecule has 2 fully saturated rings. The lowest BCUT2D eigenvalue weighted by molar-refractivity contribution is -0.117. The number of hydrogen-bond acceptors (Lipinski definition) is 1. The highest BCUT2D eigenvalue weighted by Crippen LogP contribution is 2.64. The van der Waals surface area contributed by atoms with Crippen LogP contribution >= 0.6 is 15.9 Å². The predicted molar refractivity (Wildman–Crippen MR) is 89.1 cm³/mol. The van der Waals surface area contributed by atoms with Gasteiger partial charge in [0.05, 0.1) is 4.48 Å². The molecule has 4 aliphatic carbocycles. The van der Waals surface area contributed by atoms with Gasteiger partial charge >= 0.3 is 0 Å². The molecule has 5 unspecified atom stereocenters. The van der Waals surface area contributed by atoms with Gasteiger partial charge in [0.15, 0.2) is 5.78 Å². The fourth-order valence-electron chi connectivity index (χ4n) is 6.13. The van der Waals surface area contributed by atoms with Gasteiger partial charge in [-0.25, -0.2) is 0 Å². The normalized spacial score (nSPS) is 48.9. The second-order valence-corrected chi connectivity index (χ2v) is 9.02. The summed E-state index contributed by atoms with van der Waals surface area (Å²) in [5.41, 5.74) is 2.19. The van der Waals surface area contributed by atoms with Crippen LogP contribution in [0.5, 0.6) is 0 Å². The van der Waals surface area contributed by atoms with Crippen molar-refractivity contribution in [2.45, 2.75) is 58.8 Å². The van der Waals surface area contributed by atoms with Crippen LogP contribution in [0.25, 0.3) is 0 Å². The second-order valence-electron chi connectivity index (χ2n) is 8.23. The molecule has 0 aromatic rings. The van der Waals surface area contributed by atoms with E-state index in [-0.39, 0.29) is 5.41 Å². The summed E-state index contributed by atoms with van der Waals surface area (Å²) in [5, 5.41) is 0. The van der Waals surface area contributed by atoms with Crippen molar-refractivity contribution in [1.29, 1.82) is 0 Å². The molecule has 0 saturated heterocycles. The lowest BCUT2D eigenvalue weighted by Crippen LogP contribution is -2.49. The smallest absolute Gasteiger partial charge is 0.169 e. The molecule has 0 bridgehead atoms. The Balaban J connectivity index is 1.73. The van der Waals surface area contributed by atoms with Crippen LogP contribution in [-0.4, -0.2) is 5.78 Å². The number of fused-ring (bicyclic) bond motifs is 5. The highest BCUT2D eigenvalue weighted by molar-refractivity contribution is 9.12. The summed E-state index contributed by atoms with van der Waals surface area (Å²) in [6.07, 6.45) is 13.1. The lowest BCUT2D eigenvalue weighted by Gasteiger charge is -2.57. The van der Waals surface area contributed by atoms with E-state index in [1.54, 1.807) is 0 Å². The minimum atomic E-state index is 0.277. The highest BCUT2D eigenvalue weighted by atomic mass is 79.9. The molecule has 0 aromatic carbocycles. The fourth-order valence-corrected chi connectivity index (χ4v) is 6.98. The first-order valence-electron chi connectivity index (χ1n) is 8.56. The van der Waals surface area contributed by atoms with Crippen molar-refractivity contribution in [2.75, 3.05) is 0 Å². The lowest BCUT2D eigenvalue weighted by atomic mass is 9.47. The third kappa shape index (κ3) is 1.84. The number of rotatable bonds is 0. The number of allylic oxidation sites excluding steroid dienone is 4. The predicted octanol–water partition coefficient (Wildman–Crippen LogP) is 5.41. The van der Waals surface area contributed by atoms with Crippen molar-refractivity contribution in [2.24, 2.45) is 28.6 Å². The maximum Gasteiger partial charge on any atom is 0.169 e. The SMILES string of the molecule is CC12C=CCC1C1CCC3=C(Br)C(=O)CCC3(C)C1CC2. The number of carbonyl (C=O) groups excluding carboxylic acids is 1. The molecule has 21 heavy (non-hydrogen) atoms. The molecule has 2 saturated carbocycles. The molecule has 0 radical (unpaired) electrons. The van der Waals surface area contributed by atoms with Crippen LogP contribution in [-0.2, 0) is 4.79 Å². The van der Waals surface area contributed by atoms with Gasteiger partial charge in [-0.2, -0.15) is 0 Å². The largest absolute Gasteiger partial charge is 0.294 e. The highest BCUT2D eigenvalue weighted by Gasteiger charge is 2.55. The summed E-state index contributed by atoms with van der Waals surface area (Å²) in [4.78, 5) is 12.1. The number of hydrogen-bond donors (Lipinski definition) is 0. The zero-order chi connectivity index (χ0) is 14.8. The Kier molecular flexibility index (Phi) is 3.10. The Hall–Kier alpha value is -0.370. The molecule has 0 heterocycles. The molecule has 1 nitrogen and oxygen atoms in total. The zero-order valence-corrected chi connectivity index (χ0v) is 14.7. The standard InChI is InChI=1S/C19H25BrO/c1-18-9-3-4-13(18)12-5-6-15-17(20)16(21)8-11-19(15,2)14(12)7-10-18/h3,9,12-14H,4-8,10-11H2,1-2H3. The molecule has 4 rings (SSSR count). The molecule has 0 amide bonds. The van der Waals surface area contributed by atoms with Crippen LogP contribution in [0, 0.1) is 28.6 Å². The summed E-state index contributed by atoms with van der Waals surface area (Å²) in [6, 6.07) is 0. The van der Waals surface area contributed by atoms with Crippen molar-refractivity contribution in [1.82, 2.24) is 0 Å². The molecule has 114 valence electrons. The van der Waals surface area contributed by atoms with Crippen LogP contribution in [0.3, 0.4) is 0 Å². The third-order valence-electron chi connectivity index (χ3n) is 7.38. The van der Waals surface area contributed by atoms with Gasteiger partial charge in [-0.1, -0.05) is 26.0 Å². The van der Waals surface area contributed by atoms with Crippen LogP contribution in [0.1, 0.15) is 58.8 Å². The van der Waals surface area contributed by atoms with E-state index >= 15 is 0 Å². The van der Waals surface area contributed by atoms with Crippen LogP contribution in [0.4, 0.5) is 0 Å². The minimum Gasteiger partial charge on any atom is -0.294 e. The maximum absolute atomic E-state index is 12.1. The van der Waals surface area contributed by atoms with E-state index in [0.717, 1.165) is 41.5 Å². The Labute approximate surface area is 136 Å². The van der Waals surface area contributed by atoms with E-state index in [9.17, 15) is 4.79 Å². The number of halogens is 1. The molecule has 0 spiro atoms. The Bertz CT molecular complexity index is 560. The van der Waals surface area contributed by atoms with E-state index in [4.69, 9.17) is 0 Å². The van der Waals surface area contributed by atoms with Gasteiger partial charge < -0.3 is 0 Å². The molecule has 4 aliphatic rings. The summed E-state index contributed by atoms with van der Waals surface area (Å²) in [7, 11) is 0. The fraction of sp³-hybridized carbons (Fsp3) is 0.737. The summed E-state index contributed by atoms with van der Waals surface area (Å²) < 4.78 is 0.938. The Morgan fingerprint density at radius 1 is 1.14 bits per heavy atom. The topological polar surface area (TPSA) is 17.1 Å². The molecule has 0 N–H and O–H groups in total. The summed E-state index contributed by atoms with van der Waals surface area (Å²) in [6.45, 7) is 4.93. The van der Waals surface area contributed by atoms with Gasteiger partial charge in [-0.3, -0.25) is 4.79 Å². The number of carbonyl (C=O) groups is 1.